The van der Waals surface area contributed by atoms with Gasteiger partial charge in [-0.2, -0.15) is 0 Å². The van der Waals surface area contributed by atoms with Gasteiger partial charge in [0.15, 0.2) is 0 Å². The van der Waals surface area contributed by atoms with Gasteiger partial charge in [0, 0.05) is 0 Å². The lowest BCUT2D eigenvalue weighted by Gasteiger charge is -2.29. The van der Waals surface area contributed by atoms with Crippen LogP contribution >= 0.6 is 0 Å². The molecule has 6 N–H and O–H groups in total. The van der Waals surface area contributed by atoms with E-state index in [1.54, 1.807) is 13.8 Å². The highest BCUT2D eigenvalue weighted by atomic mass is 16.5. The molecule has 0 aromatic heterocycles. The summed E-state index contributed by atoms with van der Waals surface area (Å²) in [6, 6.07) is 4.77. The number of carbonyl (C=O) groups excluding carboxylic acids is 5. The van der Waals surface area contributed by atoms with Crippen LogP contribution in [0.2, 0.25) is 0 Å². The molecule has 11 nitrogen and oxygen atoms in total. The van der Waals surface area contributed by atoms with Crippen LogP contribution in [0.3, 0.4) is 0 Å². The quantitative estimate of drug-likeness (QED) is 0.271. The molecular formula is C25H35N5O6. The van der Waals surface area contributed by atoms with E-state index < -0.39 is 59.9 Å². The minimum atomic E-state index is -1.36. The molecule has 11 heteroatoms. The summed E-state index contributed by atoms with van der Waals surface area (Å²) in [4.78, 5) is 64.2. The van der Waals surface area contributed by atoms with Crippen molar-refractivity contribution in [3.63, 3.8) is 0 Å². The maximum absolute atomic E-state index is 13.3. The Bertz CT molecular complexity index is 1010. The number of esters is 1. The van der Waals surface area contributed by atoms with Gasteiger partial charge < -0.3 is 31.7 Å². The molecule has 0 bridgehead atoms. The number of nitrogens with two attached hydrogens (primary N) is 1. The van der Waals surface area contributed by atoms with Gasteiger partial charge in [-0.15, -0.1) is 0 Å². The van der Waals surface area contributed by atoms with Crippen molar-refractivity contribution in [2.45, 2.75) is 71.3 Å². The summed E-state index contributed by atoms with van der Waals surface area (Å²) >= 11 is 0. The average molecular weight is 502 g/mol. The lowest BCUT2D eigenvalue weighted by Crippen LogP contribution is -2.61. The number of nitrogens with one attached hydrogen (secondary N) is 4. The van der Waals surface area contributed by atoms with E-state index in [0.717, 1.165) is 5.56 Å². The van der Waals surface area contributed by atoms with Gasteiger partial charge in [0.25, 0.3) is 0 Å². The molecule has 5 atom stereocenters. The first-order valence-corrected chi connectivity index (χ1v) is 11.8. The molecule has 1 aliphatic heterocycles. The molecular weight excluding hydrogens is 466 g/mol. The van der Waals surface area contributed by atoms with E-state index in [1.165, 1.54) is 26.8 Å². The van der Waals surface area contributed by atoms with Gasteiger partial charge in [0.1, 0.15) is 29.9 Å². The van der Waals surface area contributed by atoms with Gasteiger partial charge in [0.2, 0.25) is 23.6 Å². The summed E-state index contributed by atoms with van der Waals surface area (Å²) in [5.41, 5.74) is 6.74. The first-order chi connectivity index (χ1) is 16.9. The molecule has 0 saturated carbocycles. The lowest BCUT2D eigenvalue weighted by molar-refractivity contribution is -0.149. The largest absolute Gasteiger partial charge is 0.455 e. The molecule has 1 aromatic rings. The van der Waals surface area contributed by atoms with Crippen LogP contribution in [0.5, 0.6) is 0 Å². The Morgan fingerprint density at radius 3 is 2.28 bits per heavy atom. The van der Waals surface area contributed by atoms with Crippen LogP contribution in [0.1, 0.15) is 40.2 Å². The van der Waals surface area contributed by atoms with Crippen molar-refractivity contribution in [3.05, 3.63) is 47.7 Å². The highest BCUT2D eigenvalue weighted by Crippen LogP contribution is 2.10. The van der Waals surface area contributed by atoms with Gasteiger partial charge >= 0.3 is 5.97 Å². The van der Waals surface area contributed by atoms with Crippen molar-refractivity contribution in [1.82, 2.24) is 21.3 Å². The maximum Gasteiger partial charge on any atom is 0.354 e. The van der Waals surface area contributed by atoms with Crippen molar-refractivity contribution in [1.29, 1.82) is 0 Å². The molecule has 2 rings (SSSR count). The summed E-state index contributed by atoms with van der Waals surface area (Å²) < 4.78 is 5.41. The third kappa shape index (κ3) is 7.64. The van der Waals surface area contributed by atoms with E-state index >= 15 is 0 Å². The Balaban J connectivity index is 2.34. The Labute approximate surface area is 210 Å². The molecule has 1 heterocycles. The second-order valence-corrected chi connectivity index (χ2v) is 9.05. The highest BCUT2D eigenvalue weighted by molar-refractivity contribution is 5.99. The number of carbonyl (C=O) groups is 5. The zero-order valence-corrected chi connectivity index (χ0v) is 21.2. The van der Waals surface area contributed by atoms with Crippen LogP contribution in [-0.4, -0.2) is 59.9 Å². The van der Waals surface area contributed by atoms with Gasteiger partial charge in [-0.3, -0.25) is 19.2 Å². The third-order valence-corrected chi connectivity index (χ3v) is 5.74. The number of cyclic esters (lactones) is 1. The molecule has 1 fully saturated rings. The third-order valence-electron chi connectivity index (χ3n) is 5.74. The molecule has 4 amide bonds. The molecule has 0 spiro atoms. The van der Waals surface area contributed by atoms with E-state index in [0.29, 0.717) is 0 Å². The Morgan fingerprint density at radius 2 is 1.69 bits per heavy atom. The Kier molecular flexibility index (Phi) is 10.2. The summed E-state index contributed by atoms with van der Waals surface area (Å²) in [5.74, 6) is -3.85. The first-order valence-electron chi connectivity index (χ1n) is 11.8. The van der Waals surface area contributed by atoms with Gasteiger partial charge in [0.05, 0.1) is 6.04 Å². The fourth-order valence-electron chi connectivity index (χ4n) is 3.55. The van der Waals surface area contributed by atoms with Crippen LogP contribution in [0.15, 0.2) is 42.1 Å². The van der Waals surface area contributed by atoms with Crippen LogP contribution in [0, 0.1) is 5.92 Å². The number of hydrogen-bond acceptors (Lipinski definition) is 7. The summed E-state index contributed by atoms with van der Waals surface area (Å²) in [6.07, 6.45) is 0.395. The zero-order chi connectivity index (χ0) is 27.0. The number of ether oxygens (including phenoxy) is 1. The average Bonchev–Trinajstić information content (AvgIpc) is 2.83. The number of benzene rings is 1. The predicted octanol–water partition coefficient (Wildman–Crippen LogP) is -0.348. The molecule has 5 unspecified atom stereocenters. The number of amides is 4. The summed E-state index contributed by atoms with van der Waals surface area (Å²) in [5, 5.41) is 10.1. The first kappa shape index (κ1) is 28.5. The smallest absolute Gasteiger partial charge is 0.354 e. The molecule has 36 heavy (non-hydrogen) atoms. The second kappa shape index (κ2) is 12.8. The topological polar surface area (TPSA) is 169 Å². The fraction of sp³-hybridized carbons (Fsp3) is 0.480. The van der Waals surface area contributed by atoms with Crippen molar-refractivity contribution < 1.29 is 28.7 Å². The van der Waals surface area contributed by atoms with Gasteiger partial charge in [-0.25, -0.2) is 4.79 Å². The SMILES string of the molecule is CC=C1NC(=O)C(C)NC(=O)C(C(C)C)NC(=O)C(NC(=O)C(N)Cc2ccccc2)C(C)OC1=O. The number of allylic oxidation sites excluding steroid dienone is 1. The normalized spacial score (nSPS) is 25.9. The van der Waals surface area contributed by atoms with E-state index in [2.05, 4.69) is 21.3 Å². The van der Waals surface area contributed by atoms with Crippen molar-refractivity contribution in [3.8, 4) is 0 Å². The van der Waals surface area contributed by atoms with Crippen LogP contribution in [0.4, 0.5) is 0 Å². The number of hydrogen-bond donors (Lipinski definition) is 5. The molecule has 0 aliphatic carbocycles. The lowest BCUT2D eigenvalue weighted by atomic mass is 10.0. The van der Waals surface area contributed by atoms with E-state index in [-0.39, 0.29) is 18.0 Å². The number of rotatable bonds is 5. The monoisotopic (exact) mass is 501 g/mol. The molecule has 1 saturated heterocycles. The fourth-order valence-corrected chi connectivity index (χ4v) is 3.55. The van der Waals surface area contributed by atoms with Gasteiger partial charge in [-0.1, -0.05) is 50.3 Å². The van der Waals surface area contributed by atoms with Crippen LogP contribution < -0.4 is 27.0 Å². The Hall–Kier alpha value is -3.73. The van der Waals surface area contributed by atoms with Crippen molar-refractivity contribution in [2.75, 3.05) is 0 Å². The molecule has 1 aromatic carbocycles. The predicted molar refractivity (Wildman–Crippen MR) is 132 cm³/mol. The second-order valence-electron chi connectivity index (χ2n) is 9.05. The maximum atomic E-state index is 13.3. The molecule has 0 radical (unpaired) electrons. The standard InChI is InChI=1S/C25H35N5O6/c1-6-18-25(35)36-15(5)20(30-22(32)17(26)12-16-10-8-7-9-11-16)24(34)29-19(13(2)3)23(33)27-14(4)21(31)28-18/h6-11,13-15,17,19-20H,12,26H2,1-5H3,(H,27,33)(H,28,31)(H,29,34)(H,30,32). The van der Waals surface area contributed by atoms with E-state index in [1.807, 2.05) is 30.3 Å². The highest BCUT2D eigenvalue weighted by Gasteiger charge is 2.36. The summed E-state index contributed by atoms with van der Waals surface area (Å²) in [6.45, 7) is 7.83. The molecule has 1 aliphatic rings. The van der Waals surface area contributed by atoms with E-state index in [9.17, 15) is 24.0 Å². The van der Waals surface area contributed by atoms with Crippen molar-refractivity contribution >= 4 is 29.6 Å². The minimum Gasteiger partial charge on any atom is -0.455 e. The van der Waals surface area contributed by atoms with Gasteiger partial charge in [-0.05, 0) is 38.7 Å². The zero-order valence-electron chi connectivity index (χ0n) is 21.2. The van der Waals surface area contributed by atoms with Crippen LogP contribution in [-0.2, 0) is 35.1 Å². The minimum absolute atomic E-state index is 0.168. The van der Waals surface area contributed by atoms with Crippen LogP contribution in [0.25, 0.3) is 0 Å². The Morgan fingerprint density at radius 1 is 1.06 bits per heavy atom. The molecule has 196 valence electrons. The summed E-state index contributed by atoms with van der Waals surface area (Å²) in [7, 11) is 0. The van der Waals surface area contributed by atoms with E-state index in [4.69, 9.17) is 10.5 Å². The van der Waals surface area contributed by atoms with Crippen molar-refractivity contribution in [2.24, 2.45) is 11.7 Å².